The van der Waals surface area contributed by atoms with Crippen molar-refractivity contribution in [1.82, 2.24) is 15.3 Å². The minimum Gasteiger partial charge on any atom is -0.237 e. The van der Waals surface area contributed by atoms with Gasteiger partial charge in [0.2, 0.25) is 0 Å². The van der Waals surface area contributed by atoms with E-state index in [4.69, 9.17) is 0 Å². The number of nitrogens with zero attached hydrogens (tertiary/aromatic N) is 3. The summed E-state index contributed by atoms with van der Waals surface area (Å²) in [6, 6.07) is 11.2. The van der Waals surface area contributed by atoms with Crippen molar-refractivity contribution in [2.75, 3.05) is 0 Å². The Morgan fingerprint density at radius 1 is 0.769 bits per heavy atom. The van der Waals surface area contributed by atoms with Crippen LogP contribution in [0.25, 0.3) is 0 Å². The molecule has 0 spiro atoms. The van der Waals surface area contributed by atoms with E-state index >= 15 is 0 Å². The zero-order valence-electron chi connectivity index (χ0n) is 6.96. The molecule has 2 aromatic rings. The molecule has 2 heterocycles. The molecule has 1 radical (unpaired) electrons. The van der Waals surface area contributed by atoms with Crippen LogP contribution in [0.4, 0.5) is 11.6 Å². The summed E-state index contributed by atoms with van der Waals surface area (Å²) >= 11 is 0. The molecular formula is C10H8N3. The quantitative estimate of drug-likeness (QED) is 0.691. The smallest absolute Gasteiger partial charge is 0.154 e. The molecule has 0 aliphatic rings. The second-order valence-corrected chi connectivity index (χ2v) is 2.49. The fraction of sp³-hybridized carbons (Fsp3) is 0. The molecule has 2 rings (SSSR count). The molecule has 0 fully saturated rings. The molecule has 0 aliphatic heterocycles. The molecule has 0 aromatic carbocycles. The van der Waals surface area contributed by atoms with Gasteiger partial charge in [-0.3, -0.25) is 0 Å². The maximum absolute atomic E-state index is 4.22. The van der Waals surface area contributed by atoms with Crippen molar-refractivity contribution in [2.24, 2.45) is 0 Å². The lowest BCUT2D eigenvalue weighted by molar-refractivity contribution is 1.04. The van der Waals surface area contributed by atoms with Gasteiger partial charge in [0.25, 0.3) is 0 Å². The molecule has 0 atom stereocenters. The highest BCUT2D eigenvalue weighted by Gasteiger charge is 1.95. The first kappa shape index (κ1) is 7.73. The van der Waals surface area contributed by atoms with Gasteiger partial charge in [-0.15, -0.1) is 0 Å². The lowest BCUT2D eigenvalue weighted by atomic mass is 10.4. The summed E-state index contributed by atoms with van der Waals surface area (Å²) in [6.07, 6.45) is 3.42. The Balaban J connectivity index is 2.16. The summed E-state index contributed by atoms with van der Waals surface area (Å²) in [4.78, 5) is 8.13. The number of hydrogen-bond donors (Lipinski definition) is 0. The average Bonchev–Trinajstić information content (AvgIpc) is 2.21. The summed E-state index contributed by atoms with van der Waals surface area (Å²) < 4.78 is 0. The Bertz CT molecular complexity index is 321. The van der Waals surface area contributed by atoms with Crippen molar-refractivity contribution in [2.45, 2.75) is 0 Å². The summed E-state index contributed by atoms with van der Waals surface area (Å²) in [5.41, 5.74) is 0. The third-order valence-corrected chi connectivity index (χ3v) is 1.53. The zero-order valence-corrected chi connectivity index (χ0v) is 6.96. The number of rotatable bonds is 2. The van der Waals surface area contributed by atoms with Crippen molar-refractivity contribution in [3.05, 3.63) is 48.8 Å². The van der Waals surface area contributed by atoms with Crippen LogP contribution in [0.5, 0.6) is 0 Å². The SMILES string of the molecule is c1ccc([N]c2ccccn2)nc1. The Labute approximate surface area is 76.5 Å². The van der Waals surface area contributed by atoms with Gasteiger partial charge in [-0.05, 0) is 24.3 Å². The van der Waals surface area contributed by atoms with Gasteiger partial charge < -0.3 is 0 Å². The first-order valence-corrected chi connectivity index (χ1v) is 3.99. The molecule has 3 nitrogen and oxygen atoms in total. The van der Waals surface area contributed by atoms with Crippen molar-refractivity contribution < 1.29 is 0 Å². The standard InChI is InChI=1S/C10H8N3/c1-3-7-11-9(5-1)13-10-6-2-4-8-12-10/h1-8H. The van der Waals surface area contributed by atoms with Gasteiger partial charge in [0.15, 0.2) is 11.6 Å². The molecule has 63 valence electrons. The van der Waals surface area contributed by atoms with Crippen LogP contribution < -0.4 is 5.32 Å². The van der Waals surface area contributed by atoms with Crippen LogP contribution in [0.1, 0.15) is 0 Å². The molecule has 13 heavy (non-hydrogen) atoms. The topological polar surface area (TPSA) is 39.9 Å². The van der Waals surface area contributed by atoms with Crippen LogP contribution in [-0.2, 0) is 0 Å². The Morgan fingerprint density at radius 3 is 1.69 bits per heavy atom. The van der Waals surface area contributed by atoms with Crippen LogP contribution in [-0.4, -0.2) is 9.97 Å². The van der Waals surface area contributed by atoms with Gasteiger partial charge in [-0.1, -0.05) is 12.1 Å². The molecule has 0 saturated carbocycles. The van der Waals surface area contributed by atoms with Crippen LogP contribution in [0.15, 0.2) is 48.8 Å². The van der Waals surface area contributed by atoms with E-state index in [0.717, 1.165) is 0 Å². The summed E-state index contributed by atoms with van der Waals surface area (Å²) in [6.45, 7) is 0. The molecule has 0 saturated heterocycles. The Hall–Kier alpha value is -1.90. The molecular weight excluding hydrogens is 162 g/mol. The molecule has 0 aliphatic carbocycles. The molecule has 0 unspecified atom stereocenters. The minimum atomic E-state index is 0.682. The third kappa shape index (κ3) is 2.02. The molecule has 0 N–H and O–H groups in total. The monoisotopic (exact) mass is 170 g/mol. The highest BCUT2D eigenvalue weighted by atomic mass is 15.0. The van der Waals surface area contributed by atoms with E-state index in [1.54, 1.807) is 12.4 Å². The Morgan fingerprint density at radius 2 is 1.31 bits per heavy atom. The van der Waals surface area contributed by atoms with Crippen LogP contribution >= 0.6 is 0 Å². The molecule has 2 aromatic heterocycles. The van der Waals surface area contributed by atoms with E-state index in [1.165, 1.54) is 0 Å². The minimum absolute atomic E-state index is 0.682. The van der Waals surface area contributed by atoms with Crippen molar-refractivity contribution >= 4 is 11.6 Å². The van der Waals surface area contributed by atoms with E-state index in [2.05, 4.69) is 15.3 Å². The largest absolute Gasteiger partial charge is 0.237 e. The summed E-state index contributed by atoms with van der Waals surface area (Å²) in [5.74, 6) is 1.36. The number of pyridine rings is 2. The van der Waals surface area contributed by atoms with Crippen molar-refractivity contribution in [3.8, 4) is 0 Å². The maximum Gasteiger partial charge on any atom is 0.154 e. The van der Waals surface area contributed by atoms with Gasteiger partial charge in [-0.2, -0.15) is 0 Å². The second-order valence-electron chi connectivity index (χ2n) is 2.49. The van der Waals surface area contributed by atoms with E-state index < -0.39 is 0 Å². The predicted molar refractivity (Wildman–Crippen MR) is 49.9 cm³/mol. The van der Waals surface area contributed by atoms with E-state index in [-0.39, 0.29) is 0 Å². The Kier molecular flexibility index (Phi) is 2.18. The van der Waals surface area contributed by atoms with Crippen molar-refractivity contribution in [3.63, 3.8) is 0 Å². The lowest BCUT2D eigenvalue weighted by Crippen LogP contribution is -1.92. The van der Waals surface area contributed by atoms with Gasteiger partial charge in [-0.25, -0.2) is 15.3 Å². The van der Waals surface area contributed by atoms with Crippen LogP contribution in [0, 0.1) is 0 Å². The first-order valence-electron chi connectivity index (χ1n) is 3.99. The van der Waals surface area contributed by atoms with Gasteiger partial charge in [0, 0.05) is 12.4 Å². The second kappa shape index (κ2) is 3.67. The number of aromatic nitrogens is 2. The van der Waals surface area contributed by atoms with Crippen LogP contribution in [0.3, 0.4) is 0 Å². The fourth-order valence-electron chi connectivity index (χ4n) is 0.957. The highest BCUT2D eigenvalue weighted by molar-refractivity contribution is 5.37. The first-order chi connectivity index (χ1) is 6.45. The van der Waals surface area contributed by atoms with Crippen molar-refractivity contribution in [1.29, 1.82) is 0 Å². The van der Waals surface area contributed by atoms with E-state index in [0.29, 0.717) is 11.6 Å². The average molecular weight is 170 g/mol. The van der Waals surface area contributed by atoms with E-state index in [9.17, 15) is 0 Å². The van der Waals surface area contributed by atoms with Crippen LogP contribution in [0.2, 0.25) is 0 Å². The number of hydrogen-bond acceptors (Lipinski definition) is 2. The molecule has 3 heteroatoms. The summed E-state index contributed by atoms with van der Waals surface area (Å²) in [5, 5.41) is 4.22. The van der Waals surface area contributed by atoms with E-state index in [1.807, 2.05) is 36.4 Å². The van der Waals surface area contributed by atoms with Gasteiger partial charge in [0.05, 0.1) is 0 Å². The maximum atomic E-state index is 4.22. The molecule has 0 amide bonds. The van der Waals surface area contributed by atoms with Gasteiger partial charge >= 0.3 is 0 Å². The lowest BCUT2D eigenvalue weighted by Gasteiger charge is -1.98. The summed E-state index contributed by atoms with van der Waals surface area (Å²) in [7, 11) is 0. The highest BCUT2D eigenvalue weighted by Crippen LogP contribution is 2.09. The normalized spacial score (nSPS) is 9.54. The predicted octanol–water partition coefficient (Wildman–Crippen LogP) is 2.04. The molecule has 0 bridgehead atoms. The van der Waals surface area contributed by atoms with Gasteiger partial charge in [0.1, 0.15) is 0 Å². The third-order valence-electron chi connectivity index (χ3n) is 1.53. The zero-order chi connectivity index (χ0) is 8.93. The fourth-order valence-corrected chi connectivity index (χ4v) is 0.957.